The summed E-state index contributed by atoms with van der Waals surface area (Å²) < 4.78 is 0. The Kier molecular flexibility index (Phi) is 6.59. The number of carbonyl (C=O) groups is 3. The molecule has 0 bridgehead atoms. The van der Waals surface area contributed by atoms with Crippen molar-refractivity contribution in [2.75, 3.05) is 10.6 Å². The van der Waals surface area contributed by atoms with Crippen LogP contribution >= 0.6 is 0 Å². The molecule has 37 heavy (non-hydrogen) atoms. The van der Waals surface area contributed by atoms with Gasteiger partial charge in [-0.05, 0) is 47.5 Å². The van der Waals surface area contributed by atoms with Crippen molar-refractivity contribution >= 4 is 39.7 Å². The lowest BCUT2D eigenvalue weighted by atomic mass is 9.60. The molecule has 0 saturated heterocycles. The Labute approximate surface area is 215 Å². The Morgan fingerprint density at radius 1 is 0.757 bits per heavy atom. The molecular weight excluding hydrogens is 464 g/mol. The Hall–Kier alpha value is -4.29. The van der Waals surface area contributed by atoms with E-state index in [0.717, 1.165) is 10.8 Å². The fraction of sp³-hybridized carbons (Fsp3) is 0.194. The fourth-order valence-corrected chi connectivity index (χ4v) is 5.49. The topological polar surface area (TPSA) is 95.5 Å². The molecule has 0 radical (unpaired) electrons. The zero-order chi connectivity index (χ0) is 26.0. The maximum absolute atomic E-state index is 13.8. The Balaban J connectivity index is 1.64. The van der Waals surface area contributed by atoms with Crippen molar-refractivity contribution in [1.82, 2.24) is 0 Å². The normalized spacial score (nSPS) is 23.4. The molecule has 0 spiro atoms. The zero-order valence-corrected chi connectivity index (χ0v) is 20.4. The highest BCUT2D eigenvalue weighted by Gasteiger charge is 2.56. The molecule has 4 aromatic rings. The molecule has 1 fully saturated rings. The second-order valence-corrected chi connectivity index (χ2v) is 9.76. The molecule has 5 rings (SSSR count). The summed E-state index contributed by atoms with van der Waals surface area (Å²) in [4.78, 5) is 41.0. The third-order valence-corrected chi connectivity index (χ3v) is 7.10. The maximum Gasteiger partial charge on any atom is 0.235 e. The van der Waals surface area contributed by atoms with Crippen molar-refractivity contribution in [2.24, 2.45) is 11.8 Å². The summed E-state index contributed by atoms with van der Waals surface area (Å²) in [6.45, 7) is 1.50. The van der Waals surface area contributed by atoms with E-state index in [4.69, 9.17) is 0 Å². The molecule has 1 aliphatic rings. The standard InChI is InChI=1S/C31H28N2O4/c1-31(37)19-25(34)27(29(35)32-21-13-4-2-5-14-21)26(24-18-10-12-20-11-8-9-17-23(20)24)28(31)30(36)33-22-15-6-3-7-16-22/h2-18,26-28,37H,19H2,1H3,(H,32,35)(H,33,36). The first-order valence-corrected chi connectivity index (χ1v) is 12.3. The van der Waals surface area contributed by atoms with E-state index in [2.05, 4.69) is 10.6 Å². The number of para-hydroxylation sites is 2. The molecule has 4 unspecified atom stereocenters. The van der Waals surface area contributed by atoms with E-state index in [1.54, 1.807) is 48.5 Å². The minimum Gasteiger partial charge on any atom is -0.389 e. The van der Waals surface area contributed by atoms with Gasteiger partial charge in [0.15, 0.2) is 0 Å². The van der Waals surface area contributed by atoms with E-state index in [1.165, 1.54) is 6.92 Å². The SMILES string of the molecule is CC1(O)CC(=O)C(C(=O)Nc2ccccc2)C(c2cccc3ccccc23)C1C(=O)Nc1ccccc1. The molecule has 4 atom stereocenters. The summed E-state index contributed by atoms with van der Waals surface area (Å²) >= 11 is 0. The van der Waals surface area contributed by atoms with E-state index in [9.17, 15) is 19.5 Å². The zero-order valence-electron chi connectivity index (χ0n) is 20.4. The highest BCUT2D eigenvalue weighted by molar-refractivity contribution is 6.11. The molecule has 2 amide bonds. The molecule has 1 saturated carbocycles. The summed E-state index contributed by atoms with van der Waals surface area (Å²) in [5, 5.41) is 19.0. The van der Waals surface area contributed by atoms with Gasteiger partial charge in [-0.15, -0.1) is 0 Å². The van der Waals surface area contributed by atoms with E-state index in [1.807, 2.05) is 54.6 Å². The van der Waals surface area contributed by atoms with Crippen LogP contribution in [0.25, 0.3) is 10.8 Å². The molecule has 6 heteroatoms. The summed E-state index contributed by atoms with van der Waals surface area (Å²) in [7, 11) is 0. The molecule has 0 aliphatic heterocycles. The third kappa shape index (κ3) is 4.88. The summed E-state index contributed by atoms with van der Waals surface area (Å²) in [6, 6.07) is 31.2. The second kappa shape index (κ2) is 9.99. The second-order valence-electron chi connectivity index (χ2n) is 9.76. The first-order chi connectivity index (χ1) is 17.8. The lowest BCUT2D eigenvalue weighted by molar-refractivity contribution is -0.150. The van der Waals surface area contributed by atoms with Gasteiger partial charge in [0.2, 0.25) is 11.8 Å². The number of carbonyl (C=O) groups excluding carboxylic acids is 3. The van der Waals surface area contributed by atoms with Crippen LogP contribution in [-0.2, 0) is 14.4 Å². The van der Waals surface area contributed by atoms with Crippen molar-refractivity contribution in [1.29, 1.82) is 0 Å². The van der Waals surface area contributed by atoms with Crippen molar-refractivity contribution in [3.8, 4) is 0 Å². The lowest BCUT2D eigenvalue weighted by Crippen LogP contribution is -2.56. The molecule has 6 nitrogen and oxygen atoms in total. The molecular formula is C31H28N2O4. The number of hydrogen-bond donors (Lipinski definition) is 3. The van der Waals surface area contributed by atoms with Crippen LogP contribution in [0.5, 0.6) is 0 Å². The number of anilines is 2. The first kappa shape index (κ1) is 24.4. The molecule has 1 aliphatic carbocycles. The van der Waals surface area contributed by atoms with Gasteiger partial charge in [0.1, 0.15) is 11.7 Å². The average molecular weight is 493 g/mol. The number of fused-ring (bicyclic) bond motifs is 1. The molecule has 0 aromatic heterocycles. The predicted molar refractivity (Wildman–Crippen MR) is 144 cm³/mol. The predicted octanol–water partition coefficient (Wildman–Crippen LogP) is 5.16. The van der Waals surface area contributed by atoms with Crippen molar-refractivity contribution in [2.45, 2.75) is 24.9 Å². The Morgan fingerprint density at radius 3 is 1.95 bits per heavy atom. The van der Waals surface area contributed by atoms with Gasteiger partial charge in [-0.1, -0.05) is 78.9 Å². The van der Waals surface area contributed by atoms with Gasteiger partial charge in [0.25, 0.3) is 0 Å². The largest absolute Gasteiger partial charge is 0.389 e. The molecule has 3 N–H and O–H groups in total. The van der Waals surface area contributed by atoms with Crippen LogP contribution in [-0.4, -0.2) is 28.3 Å². The van der Waals surface area contributed by atoms with Gasteiger partial charge in [0.05, 0.1) is 11.5 Å². The number of ketones is 1. The summed E-state index contributed by atoms with van der Waals surface area (Å²) in [5.41, 5.74) is 0.135. The van der Waals surface area contributed by atoms with Gasteiger partial charge in [0, 0.05) is 23.7 Å². The van der Waals surface area contributed by atoms with E-state index in [0.29, 0.717) is 16.9 Å². The fourth-order valence-electron chi connectivity index (χ4n) is 5.49. The van der Waals surface area contributed by atoms with Gasteiger partial charge < -0.3 is 15.7 Å². The summed E-state index contributed by atoms with van der Waals surface area (Å²) in [6.07, 6.45) is -0.311. The number of Topliss-reactive ketones (excluding diaryl/α,β-unsaturated/α-hetero) is 1. The summed E-state index contributed by atoms with van der Waals surface area (Å²) in [5.74, 6) is -4.48. The van der Waals surface area contributed by atoms with Crippen LogP contribution in [0.3, 0.4) is 0 Å². The smallest absolute Gasteiger partial charge is 0.235 e. The van der Waals surface area contributed by atoms with E-state index >= 15 is 0 Å². The Bertz CT molecular complexity index is 1440. The van der Waals surface area contributed by atoms with Gasteiger partial charge in [-0.3, -0.25) is 14.4 Å². The number of rotatable bonds is 5. The van der Waals surface area contributed by atoms with E-state index < -0.39 is 41.0 Å². The van der Waals surface area contributed by atoms with Crippen molar-refractivity contribution in [3.05, 3.63) is 109 Å². The van der Waals surface area contributed by atoms with Gasteiger partial charge >= 0.3 is 0 Å². The Morgan fingerprint density at radius 2 is 1.30 bits per heavy atom. The highest BCUT2D eigenvalue weighted by atomic mass is 16.3. The molecule has 186 valence electrons. The van der Waals surface area contributed by atoms with Crippen LogP contribution in [0.15, 0.2) is 103 Å². The van der Waals surface area contributed by atoms with Crippen LogP contribution in [0, 0.1) is 11.8 Å². The number of hydrogen-bond acceptors (Lipinski definition) is 4. The highest BCUT2D eigenvalue weighted by Crippen LogP contribution is 2.48. The van der Waals surface area contributed by atoms with E-state index in [-0.39, 0.29) is 6.42 Å². The number of benzene rings is 4. The minimum atomic E-state index is -1.67. The molecule has 0 heterocycles. The average Bonchev–Trinajstić information content (AvgIpc) is 2.88. The number of amides is 2. The van der Waals surface area contributed by atoms with Crippen LogP contribution in [0.4, 0.5) is 11.4 Å². The minimum absolute atomic E-state index is 0.311. The number of nitrogens with one attached hydrogen (secondary N) is 2. The number of aliphatic hydroxyl groups is 1. The third-order valence-electron chi connectivity index (χ3n) is 7.10. The quantitative estimate of drug-likeness (QED) is 0.336. The lowest BCUT2D eigenvalue weighted by Gasteiger charge is -2.44. The van der Waals surface area contributed by atoms with Gasteiger partial charge in [-0.2, -0.15) is 0 Å². The first-order valence-electron chi connectivity index (χ1n) is 12.3. The van der Waals surface area contributed by atoms with Crippen LogP contribution in [0.2, 0.25) is 0 Å². The maximum atomic E-state index is 13.8. The monoisotopic (exact) mass is 492 g/mol. The molecule has 4 aromatic carbocycles. The van der Waals surface area contributed by atoms with Gasteiger partial charge in [-0.25, -0.2) is 0 Å². The van der Waals surface area contributed by atoms with Crippen molar-refractivity contribution < 1.29 is 19.5 Å². The van der Waals surface area contributed by atoms with Crippen molar-refractivity contribution in [3.63, 3.8) is 0 Å². The van der Waals surface area contributed by atoms with Crippen LogP contribution < -0.4 is 10.6 Å². The van der Waals surface area contributed by atoms with Crippen LogP contribution in [0.1, 0.15) is 24.8 Å².